The molecule has 18 heavy (non-hydrogen) atoms. The molecule has 4 heteroatoms. The van der Waals surface area contributed by atoms with Gasteiger partial charge >= 0.3 is 0 Å². The summed E-state index contributed by atoms with van der Waals surface area (Å²) in [6.45, 7) is 5.24. The van der Waals surface area contributed by atoms with Crippen LogP contribution in [0.5, 0.6) is 0 Å². The van der Waals surface area contributed by atoms with Gasteiger partial charge in [-0.3, -0.25) is 4.79 Å². The largest absolute Gasteiger partial charge is 0.380 e. The molecule has 2 fully saturated rings. The fraction of sp³-hybridized carbons (Fsp3) is 0.929. The highest BCUT2D eigenvalue weighted by atomic mass is 16.5. The summed E-state index contributed by atoms with van der Waals surface area (Å²) in [4.78, 5) is 12.0. The van der Waals surface area contributed by atoms with E-state index in [9.17, 15) is 4.79 Å². The maximum Gasteiger partial charge on any atom is 0.237 e. The number of nitrogens with one attached hydrogen (secondary N) is 2. The Labute approximate surface area is 110 Å². The number of carbonyl (C=O) groups is 1. The van der Waals surface area contributed by atoms with Crippen LogP contribution in [0.3, 0.4) is 0 Å². The molecule has 0 aromatic heterocycles. The van der Waals surface area contributed by atoms with Crippen molar-refractivity contribution < 1.29 is 9.53 Å². The van der Waals surface area contributed by atoms with E-state index in [-0.39, 0.29) is 11.9 Å². The van der Waals surface area contributed by atoms with E-state index in [0.717, 1.165) is 31.9 Å². The minimum absolute atomic E-state index is 0.0492. The fourth-order valence-corrected chi connectivity index (χ4v) is 3.18. The van der Waals surface area contributed by atoms with Gasteiger partial charge in [0.1, 0.15) is 0 Å². The second-order valence-electron chi connectivity index (χ2n) is 5.50. The number of hydrogen-bond donors (Lipinski definition) is 2. The Bertz CT molecular complexity index is 271. The first-order valence-electron chi connectivity index (χ1n) is 7.41. The summed E-state index contributed by atoms with van der Waals surface area (Å²) >= 11 is 0. The average molecular weight is 254 g/mol. The third-order valence-electron chi connectivity index (χ3n) is 4.22. The van der Waals surface area contributed by atoms with E-state index in [2.05, 4.69) is 17.6 Å². The quantitative estimate of drug-likeness (QED) is 0.673. The molecule has 0 aromatic rings. The summed E-state index contributed by atoms with van der Waals surface area (Å²) in [5.74, 6) is 1.48. The highest BCUT2D eigenvalue weighted by Crippen LogP contribution is 2.37. The molecule has 3 unspecified atom stereocenters. The Kier molecular flexibility index (Phi) is 5.45. The van der Waals surface area contributed by atoms with Crippen LogP contribution in [0.25, 0.3) is 0 Å². The first-order valence-corrected chi connectivity index (χ1v) is 7.41. The summed E-state index contributed by atoms with van der Waals surface area (Å²) in [6, 6.07) is 0.0492. The van der Waals surface area contributed by atoms with Crippen LogP contribution in [-0.2, 0) is 9.53 Å². The Morgan fingerprint density at radius 1 is 1.39 bits per heavy atom. The minimum atomic E-state index is 0.0492. The Morgan fingerprint density at radius 2 is 2.28 bits per heavy atom. The number of hydrogen-bond acceptors (Lipinski definition) is 3. The van der Waals surface area contributed by atoms with Crippen molar-refractivity contribution in [2.24, 2.45) is 11.8 Å². The van der Waals surface area contributed by atoms with Crippen molar-refractivity contribution in [3.8, 4) is 0 Å². The van der Waals surface area contributed by atoms with E-state index in [1.165, 1.54) is 19.3 Å². The number of rotatable bonds is 7. The summed E-state index contributed by atoms with van der Waals surface area (Å²) < 4.78 is 5.44. The van der Waals surface area contributed by atoms with Crippen molar-refractivity contribution in [2.45, 2.75) is 45.1 Å². The number of unbranched alkanes of at least 4 members (excludes halogenated alkanes) is 1. The first kappa shape index (κ1) is 13.8. The van der Waals surface area contributed by atoms with Gasteiger partial charge in [-0.2, -0.15) is 0 Å². The molecule has 4 nitrogen and oxygen atoms in total. The van der Waals surface area contributed by atoms with Crippen LogP contribution >= 0.6 is 0 Å². The molecule has 1 saturated heterocycles. The highest BCUT2D eigenvalue weighted by molar-refractivity contribution is 5.82. The van der Waals surface area contributed by atoms with Crippen LogP contribution in [0, 0.1) is 11.8 Å². The van der Waals surface area contributed by atoms with Crippen molar-refractivity contribution in [3.05, 3.63) is 0 Å². The Balaban J connectivity index is 1.60. The molecule has 2 N–H and O–H groups in total. The van der Waals surface area contributed by atoms with Crippen LogP contribution in [0.15, 0.2) is 0 Å². The van der Waals surface area contributed by atoms with Gasteiger partial charge in [0, 0.05) is 13.2 Å². The van der Waals surface area contributed by atoms with Crippen LogP contribution in [-0.4, -0.2) is 38.3 Å². The van der Waals surface area contributed by atoms with Gasteiger partial charge in [0.05, 0.1) is 12.6 Å². The number of fused-ring (bicyclic) bond motifs is 1. The number of ether oxygens (including phenoxy) is 1. The van der Waals surface area contributed by atoms with Crippen molar-refractivity contribution in [2.75, 3.05) is 26.3 Å². The number of carbonyl (C=O) groups excluding carboxylic acids is 1. The molecule has 2 rings (SSSR count). The van der Waals surface area contributed by atoms with Crippen LogP contribution in [0.1, 0.15) is 39.0 Å². The molecular formula is C14H26N2O2. The summed E-state index contributed by atoms with van der Waals surface area (Å²) in [6.07, 6.45) is 6.05. The lowest BCUT2D eigenvalue weighted by atomic mass is 9.94. The first-order chi connectivity index (χ1) is 8.83. The molecule has 1 amide bonds. The molecule has 0 spiro atoms. The maximum atomic E-state index is 12.0. The van der Waals surface area contributed by atoms with E-state index >= 15 is 0 Å². The smallest absolute Gasteiger partial charge is 0.237 e. The third kappa shape index (κ3) is 3.45. The molecule has 0 bridgehead atoms. The summed E-state index contributed by atoms with van der Waals surface area (Å²) in [7, 11) is 0. The van der Waals surface area contributed by atoms with Crippen molar-refractivity contribution in [3.63, 3.8) is 0 Å². The molecule has 0 radical (unpaired) electrons. The van der Waals surface area contributed by atoms with Crippen LogP contribution in [0.4, 0.5) is 0 Å². The van der Waals surface area contributed by atoms with E-state index in [1.54, 1.807) is 0 Å². The zero-order chi connectivity index (χ0) is 12.8. The van der Waals surface area contributed by atoms with Gasteiger partial charge in [0.25, 0.3) is 0 Å². The predicted octanol–water partition coefficient (Wildman–Crippen LogP) is 1.31. The monoisotopic (exact) mass is 254 g/mol. The molecular weight excluding hydrogens is 228 g/mol. The third-order valence-corrected chi connectivity index (χ3v) is 4.22. The maximum absolute atomic E-state index is 12.0. The SMILES string of the molecule is CCCCOCCNC(=O)C1NCC2CCCC21. The van der Waals surface area contributed by atoms with Crippen molar-refractivity contribution in [1.29, 1.82) is 0 Å². The van der Waals surface area contributed by atoms with Crippen LogP contribution in [0.2, 0.25) is 0 Å². The second kappa shape index (κ2) is 7.10. The van der Waals surface area contributed by atoms with Gasteiger partial charge < -0.3 is 15.4 Å². The molecule has 0 aromatic carbocycles. The molecule has 1 saturated carbocycles. The Morgan fingerprint density at radius 3 is 3.11 bits per heavy atom. The van der Waals surface area contributed by atoms with Gasteiger partial charge in [-0.15, -0.1) is 0 Å². The molecule has 3 atom stereocenters. The van der Waals surface area contributed by atoms with E-state index < -0.39 is 0 Å². The topological polar surface area (TPSA) is 50.4 Å². The molecule has 2 aliphatic rings. The molecule has 1 aliphatic heterocycles. The molecule has 1 heterocycles. The molecule has 104 valence electrons. The second-order valence-corrected chi connectivity index (χ2v) is 5.50. The van der Waals surface area contributed by atoms with Gasteiger partial charge in [-0.05, 0) is 37.6 Å². The minimum Gasteiger partial charge on any atom is -0.380 e. The van der Waals surface area contributed by atoms with Gasteiger partial charge in [0.2, 0.25) is 5.91 Å². The van der Waals surface area contributed by atoms with E-state index in [0.29, 0.717) is 19.1 Å². The van der Waals surface area contributed by atoms with Gasteiger partial charge in [0.15, 0.2) is 0 Å². The van der Waals surface area contributed by atoms with Crippen molar-refractivity contribution >= 4 is 5.91 Å². The number of amides is 1. The lowest BCUT2D eigenvalue weighted by molar-refractivity contribution is -0.124. The van der Waals surface area contributed by atoms with Gasteiger partial charge in [-0.1, -0.05) is 19.8 Å². The van der Waals surface area contributed by atoms with Crippen molar-refractivity contribution in [1.82, 2.24) is 10.6 Å². The molecule has 1 aliphatic carbocycles. The summed E-state index contributed by atoms with van der Waals surface area (Å²) in [5.41, 5.74) is 0. The van der Waals surface area contributed by atoms with Gasteiger partial charge in [-0.25, -0.2) is 0 Å². The lowest BCUT2D eigenvalue weighted by Gasteiger charge is -2.17. The lowest BCUT2D eigenvalue weighted by Crippen LogP contribution is -2.44. The Hall–Kier alpha value is -0.610. The fourth-order valence-electron chi connectivity index (χ4n) is 3.18. The average Bonchev–Trinajstić information content (AvgIpc) is 2.95. The zero-order valence-electron chi connectivity index (χ0n) is 11.4. The van der Waals surface area contributed by atoms with E-state index in [1.807, 2.05) is 0 Å². The highest BCUT2D eigenvalue weighted by Gasteiger charge is 2.42. The predicted molar refractivity (Wildman–Crippen MR) is 71.4 cm³/mol. The van der Waals surface area contributed by atoms with E-state index in [4.69, 9.17) is 4.74 Å². The summed E-state index contributed by atoms with van der Waals surface area (Å²) in [5, 5.41) is 6.35. The zero-order valence-corrected chi connectivity index (χ0v) is 11.4. The normalized spacial score (nSPS) is 30.4. The van der Waals surface area contributed by atoms with Crippen LogP contribution < -0.4 is 10.6 Å². The standard InChI is InChI=1S/C14H26N2O2/c1-2-3-8-18-9-7-15-14(17)13-12-6-4-5-11(12)10-16-13/h11-13,16H,2-10H2,1H3,(H,15,17).